The number of phenols is 1. The molecule has 0 radical (unpaired) electrons. The van der Waals surface area contributed by atoms with E-state index in [-0.39, 0.29) is 21.7 Å². The van der Waals surface area contributed by atoms with Crippen molar-refractivity contribution in [3.05, 3.63) is 63.4 Å². The Morgan fingerprint density at radius 1 is 1.24 bits per heavy atom. The zero-order chi connectivity index (χ0) is 15.0. The molecule has 0 saturated heterocycles. The average Bonchev–Trinajstić information content (AvgIpc) is 2.48. The Morgan fingerprint density at radius 2 is 2.05 bits per heavy atom. The monoisotopic (exact) mass is 349 g/mol. The number of hydrogen-bond donors (Lipinski definition) is 1. The van der Waals surface area contributed by atoms with E-state index in [1.807, 2.05) is 6.07 Å². The molecule has 3 nitrogen and oxygen atoms in total. The molecular weight excluding hydrogens is 337 g/mol. The number of carbonyl (C=O) groups excluding carboxylic acids is 1. The van der Waals surface area contributed by atoms with Crippen LogP contribution < -0.4 is 0 Å². The smallest absolute Gasteiger partial charge is 0.257 e. The lowest BCUT2D eigenvalue weighted by Crippen LogP contribution is -2.36. The van der Waals surface area contributed by atoms with Crippen molar-refractivity contribution in [3.63, 3.8) is 0 Å². The van der Waals surface area contributed by atoms with Gasteiger partial charge in [-0.05, 0) is 57.7 Å². The SMILES string of the molecule is O=C(c1cccc(Br)c1F)N1CCc2ccc(O)cc2C1. The molecule has 0 bridgehead atoms. The number of carbonyl (C=O) groups is 1. The van der Waals surface area contributed by atoms with Gasteiger partial charge in [-0.2, -0.15) is 0 Å². The number of rotatable bonds is 1. The van der Waals surface area contributed by atoms with Crippen LogP contribution in [0.15, 0.2) is 40.9 Å². The Morgan fingerprint density at radius 3 is 2.86 bits per heavy atom. The molecule has 2 aromatic carbocycles. The normalized spacial score (nSPS) is 13.9. The van der Waals surface area contributed by atoms with Crippen molar-refractivity contribution in [1.82, 2.24) is 4.90 Å². The minimum atomic E-state index is -0.538. The summed E-state index contributed by atoms with van der Waals surface area (Å²) in [5, 5.41) is 9.54. The average molecular weight is 350 g/mol. The van der Waals surface area contributed by atoms with Crippen molar-refractivity contribution in [2.45, 2.75) is 13.0 Å². The largest absolute Gasteiger partial charge is 0.508 e. The van der Waals surface area contributed by atoms with Gasteiger partial charge in [-0.15, -0.1) is 0 Å². The predicted octanol–water partition coefficient (Wildman–Crippen LogP) is 3.49. The van der Waals surface area contributed by atoms with Gasteiger partial charge in [0.05, 0.1) is 10.0 Å². The molecule has 1 aliphatic heterocycles. The van der Waals surface area contributed by atoms with E-state index >= 15 is 0 Å². The molecule has 0 spiro atoms. The standard InChI is InChI=1S/C16H13BrFNO2/c17-14-3-1-2-13(15(14)18)16(21)19-7-6-10-4-5-12(20)8-11(10)9-19/h1-5,8,20H,6-7,9H2. The van der Waals surface area contributed by atoms with Gasteiger partial charge < -0.3 is 10.0 Å². The second-order valence-electron chi connectivity index (χ2n) is 5.03. The number of nitrogens with zero attached hydrogens (tertiary/aromatic N) is 1. The molecule has 0 aromatic heterocycles. The minimum absolute atomic E-state index is 0.0629. The number of phenolic OH excluding ortho intramolecular Hbond substituents is 1. The van der Waals surface area contributed by atoms with Gasteiger partial charge in [-0.1, -0.05) is 12.1 Å². The maximum atomic E-state index is 14.0. The highest BCUT2D eigenvalue weighted by Gasteiger charge is 2.24. The maximum absolute atomic E-state index is 14.0. The Kier molecular flexibility index (Phi) is 3.68. The number of fused-ring (bicyclic) bond motifs is 1. The van der Waals surface area contributed by atoms with Crippen molar-refractivity contribution in [2.75, 3.05) is 6.54 Å². The van der Waals surface area contributed by atoms with Gasteiger partial charge in [0, 0.05) is 13.1 Å². The highest BCUT2D eigenvalue weighted by atomic mass is 79.9. The Hall–Kier alpha value is -1.88. The molecule has 0 atom stereocenters. The third-order valence-corrected chi connectivity index (χ3v) is 4.28. The van der Waals surface area contributed by atoms with E-state index in [1.54, 1.807) is 29.2 Å². The van der Waals surface area contributed by atoms with Crippen LogP contribution in [0.3, 0.4) is 0 Å². The molecule has 5 heteroatoms. The fraction of sp³-hybridized carbons (Fsp3) is 0.188. The molecule has 108 valence electrons. The van der Waals surface area contributed by atoms with E-state index in [2.05, 4.69) is 15.9 Å². The highest BCUT2D eigenvalue weighted by Crippen LogP contribution is 2.26. The van der Waals surface area contributed by atoms with Gasteiger partial charge in [0.2, 0.25) is 0 Å². The molecule has 0 saturated carbocycles. The van der Waals surface area contributed by atoms with Crippen LogP contribution >= 0.6 is 15.9 Å². The molecule has 3 rings (SSSR count). The van der Waals surface area contributed by atoms with E-state index in [0.717, 1.165) is 11.1 Å². The van der Waals surface area contributed by atoms with Gasteiger partial charge in [0.1, 0.15) is 11.6 Å². The molecule has 1 amide bonds. The van der Waals surface area contributed by atoms with Crippen LogP contribution in [-0.2, 0) is 13.0 Å². The molecule has 1 heterocycles. The van der Waals surface area contributed by atoms with Crippen LogP contribution in [-0.4, -0.2) is 22.5 Å². The Bertz CT molecular complexity index is 717. The second kappa shape index (κ2) is 5.48. The number of halogens is 2. The van der Waals surface area contributed by atoms with E-state index in [1.165, 1.54) is 6.07 Å². The zero-order valence-corrected chi connectivity index (χ0v) is 12.7. The summed E-state index contributed by atoms with van der Waals surface area (Å²) in [4.78, 5) is 14.1. The summed E-state index contributed by atoms with van der Waals surface area (Å²) in [7, 11) is 0. The predicted molar refractivity (Wildman–Crippen MR) is 80.7 cm³/mol. The van der Waals surface area contributed by atoms with Gasteiger partial charge >= 0.3 is 0 Å². The first-order valence-electron chi connectivity index (χ1n) is 6.60. The van der Waals surface area contributed by atoms with E-state index in [4.69, 9.17) is 0 Å². The number of benzene rings is 2. The fourth-order valence-electron chi connectivity index (χ4n) is 2.56. The molecular formula is C16H13BrFNO2. The third-order valence-electron chi connectivity index (χ3n) is 3.67. The second-order valence-corrected chi connectivity index (χ2v) is 5.89. The van der Waals surface area contributed by atoms with Crippen molar-refractivity contribution in [1.29, 1.82) is 0 Å². The van der Waals surface area contributed by atoms with Crippen LogP contribution in [0.25, 0.3) is 0 Å². The molecule has 1 N–H and O–H groups in total. The van der Waals surface area contributed by atoms with Crippen molar-refractivity contribution >= 4 is 21.8 Å². The Balaban J connectivity index is 1.89. The van der Waals surface area contributed by atoms with Crippen LogP contribution in [0.1, 0.15) is 21.5 Å². The summed E-state index contributed by atoms with van der Waals surface area (Å²) in [6.45, 7) is 0.928. The minimum Gasteiger partial charge on any atom is -0.508 e. The summed E-state index contributed by atoms with van der Waals surface area (Å²) < 4.78 is 14.3. The third kappa shape index (κ3) is 2.65. The molecule has 0 fully saturated rings. The van der Waals surface area contributed by atoms with Crippen LogP contribution in [0.4, 0.5) is 4.39 Å². The van der Waals surface area contributed by atoms with Gasteiger partial charge in [-0.3, -0.25) is 4.79 Å². The zero-order valence-electron chi connectivity index (χ0n) is 11.1. The van der Waals surface area contributed by atoms with Gasteiger partial charge in [-0.25, -0.2) is 4.39 Å². The quantitative estimate of drug-likeness (QED) is 0.855. The van der Waals surface area contributed by atoms with Crippen LogP contribution in [0.2, 0.25) is 0 Å². The van der Waals surface area contributed by atoms with Gasteiger partial charge in [0.25, 0.3) is 5.91 Å². The summed E-state index contributed by atoms with van der Waals surface area (Å²) >= 11 is 3.09. The lowest BCUT2D eigenvalue weighted by Gasteiger charge is -2.29. The summed E-state index contributed by atoms with van der Waals surface area (Å²) in [6, 6.07) is 9.86. The topological polar surface area (TPSA) is 40.5 Å². The van der Waals surface area contributed by atoms with Crippen molar-refractivity contribution in [2.24, 2.45) is 0 Å². The first kappa shape index (κ1) is 14.1. The van der Waals surface area contributed by atoms with Crippen LogP contribution in [0.5, 0.6) is 5.75 Å². The molecule has 21 heavy (non-hydrogen) atoms. The summed E-state index contributed by atoms with van der Waals surface area (Å²) in [6.07, 6.45) is 0.705. The molecule has 1 aliphatic rings. The first-order valence-corrected chi connectivity index (χ1v) is 7.39. The van der Waals surface area contributed by atoms with Crippen molar-refractivity contribution < 1.29 is 14.3 Å². The number of hydrogen-bond acceptors (Lipinski definition) is 2. The molecule has 2 aromatic rings. The van der Waals surface area contributed by atoms with E-state index in [9.17, 15) is 14.3 Å². The lowest BCUT2D eigenvalue weighted by atomic mass is 9.99. The first-order chi connectivity index (χ1) is 10.1. The van der Waals surface area contributed by atoms with Gasteiger partial charge in [0.15, 0.2) is 0 Å². The maximum Gasteiger partial charge on any atom is 0.257 e. The fourth-order valence-corrected chi connectivity index (χ4v) is 2.92. The number of aromatic hydroxyl groups is 1. The summed E-state index contributed by atoms with van der Waals surface area (Å²) in [5.74, 6) is -0.691. The molecule has 0 aliphatic carbocycles. The highest BCUT2D eigenvalue weighted by molar-refractivity contribution is 9.10. The molecule has 0 unspecified atom stereocenters. The number of amides is 1. The van der Waals surface area contributed by atoms with Crippen molar-refractivity contribution in [3.8, 4) is 5.75 Å². The van der Waals surface area contributed by atoms with E-state index in [0.29, 0.717) is 19.5 Å². The Labute approximate surface area is 130 Å². The van der Waals surface area contributed by atoms with E-state index < -0.39 is 5.82 Å². The van der Waals surface area contributed by atoms with Crippen LogP contribution in [0, 0.1) is 5.82 Å². The lowest BCUT2D eigenvalue weighted by molar-refractivity contribution is 0.0729. The summed E-state index contributed by atoms with van der Waals surface area (Å²) in [5.41, 5.74) is 2.09.